The third-order valence-corrected chi connectivity index (χ3v) is 4.52. The summed E-state index contributed by atoms with van der Waals surface area (Å²) in [4.78, 5) is 0. The standard InChI is InChI=1S/C23H17NS/c25-23-17-20(18-10-4-1-5-11-18)16-22(19-12-6-2-7-13-19)24(23)21-14-8-3-9-15-21/h1-17H. The van der Waals surface area contributed by atoms with Crippen molar-refractivity contribution in [2.75, 3.05) is 0 Å². The first-order chi connectivity index (χ1) is 12.3. The summed E-state index contributed by atoms with van der Waals surface area (Å²) >= 11 is 5.77. The summed E-state index contributed by atoms with van der Waals surface area (Å²) in [6, 6.07) is 35.3. The van der Waals surface area contributed by atoms with E-state index in [2.05, 4.69) is 77.4 Å². The fourth-order valence-corrected chi connectivity index (χ4v) is 3.36. The van der Waals surface area contributed by atoms with E-state index in [1.54, 1.807) is 0 Å². The molecule has 0 bridgehead atoms. The van der Waals surface area contributed by atoms with Crippen LogP contribution in [0.1, 0.15) is 0 Å². The average molecular weight is 339 g/mol. The fourth-order valence-electron chi connectivity index (χ4n) is 3.03. The maximum absolute atomic E-state index is 5.77. The summed E-state index contributed by atoms with van der Waals surface area (Å²) in [6.45, 7) is 0. The number of benzene rings is 3. The quantitative estimate of drug-likeness (QED) is 0.384. The second-order valence-electron chi connectivity index (χ2n) is 5.87. The molecule has 1 nitrogen and oxygen atoms in total. The molecular weight excluding hydrogens is 322 g/mol. The minimum absolute atomic E-state index is 0.798. The van der Waals surface area contributed by atoms with Crippen molar-refractivity contribution in [2.24, 2.45) is 0 Å². The van der Waals surface area contributed by atoms with E-state index >= 15 is 0 Å². The van der Waals surface area contributed by atoms with E-state index in [9.17, 15) is 0 Å². The van der Waals surface area contributed by atoms with Crippen LogP contribution in [0.15, 0.2) is 103 Å². The molecular formula is C23H17NS. The van der Waals surface area contributed by atoms with Crippen LogP contribution in [0.25, 0.3) is 28.1 Å². The number of nitrogens with zero attached hydrogens (tertiary/aromatic N) is 1. The van der Waals surface area contributed by atoms with Gasteiger partial charge in [-0.1, -0.05) is 91.1 Å². The highest BCUT2D eigenvalue weighted by atomic mass is 32.1. The third-order valence-electron chi connectivity index (χ3n) is 4.22. The van der Waals surface area contributed by atoms with Crippen LogP contribution in [-0.2, 0) is 0 Å². The van der Waals surface area contributed by atoms with E-state index in [1.807, 2.05) is 30.3 Å². The zero-order valence-electron chi connectivity index (χ0n) is 13.7. The molecule has 1 heterocycles. The number of pyridine rings is 1. The maximum atomic E-state index is 5.77. The van der Waals surface area contributed by atoms with Crippen LogP contribution in [-0.4, -0.2) is 4.57 Å². The van der Waals surface area contributed by atoms with E-state index in [-0.39, 0.29) is 0 Å². The summed E-state index contributed by atoms with van der Waals surface area (Å²) in [5, 5.41) is 0. The zero-order valence-corrected chi connectivity index (χ0v) is 14.5. The molecule has 0 atom stereocenters. The van der Waals surface area contributed by atoms with Gasteiger partial charge in [0, 0.05) is 5.69 Å². The Morgan fingerprint density at radius 2 is 1.04 bits per heavy atom. The third kappa shape index (κ3) is 3.17. The Kier molecular flexibility index (Phi) is 4.28. The highest BCUT2D eigenvalue weighted by molar-refractivity contribution is 7.71. The van der Waals surface area contributed by atoms with Crippen LogP contribution in [0.3, 0.4) is 0 Å². The smallest absolute Gasteiger partial charge is 0.111 e. The Morgan fingerprint density at radius 1 is 0.520 bits per heavy atom. The monoisotopic (exact) mass is 339 g/mol. The molecule has 0 saturated carbocycles. The van der Waals surface area contributed by atoms with E-state index in [4.69, 9.17) is 12.2 Å². The van der Waals surface area contributed by atoms with Crippen LogP contribution in [0, 0.1) is 4.64 Å². The summed E-state index contributed by atoms with van der Waals surface area (Å²) < 4.78 is 2.93. The SMILES string of the molecule is S=c1cc(-c2ccccc2)cc(-c2ccccc2)n1-c1ccccc1. The summed E-state index contributed by atoms with van der Waals surface area (Å²) in [7, 11) is 0. The first kappa shape index (κ1) is 15.6. The lowest BCUT2D eigenvalue weighted by Crippen LogP contribution is -2.02. The minimum Gasteiger partial charge on any atom is -0.301 e. The first-order valence-corrected chi connectivity index (χ1v) is 8.67. The second kappa shape index (κ2) is 6.88. The molecule has 0 aliphatic heterocycles. The van der Waals surface area contributed by atoms with Crippen LogP contribution < -0.4 is 0 Å². The van der Waals surface area contributed by atoms with Crippen LogP contribution in [0.4, 0.5) is 0 Å². The van der Waals surface area contributed by atoms with E-state index in [1.165, 1.54) is 5.56 Å². The predicted molar refractivity (Wildman–Crippen MR) is 107 cm³/mol. The van der Waals surface area contributed by atoms with Gasteiger partial charge in [0.2, 0.25) is 0 Å². The van der Waals surface area contributed by atoms with Gasteiger partial charge in [-0.15, -0.1) is 0 Å². The van der Waals surface area contributed by atoms with Crippen molar-refractivity contribution < 1.29 is 0 Å². The molecule has 1 aromatic heterocycles. The molecule has 0 amide bonds. The molecule has 0 saturated heterocycles. The van der Waals surface area contributed by atoms with Gasteiger partial charge >= 0.3 is 0 Å². The molecule has 0 radical (unpaired) electrons. The van der Waals surface area contributed by atoms with Crippen molar-refractivity contribution in [3.63, 3.8) is 0 Å². The van der Waals surface area contributed by atoms with Gasteiger partial charge in [-0.05, 0) is 41.0 Å². The maximum Gasteiger partial charge on any atom is 0.111 e. The molecule has 120 valence electrons. The van der Waals surface area contributed by atoms with Gasteiger partial charge < -0.3 is 4.57 Å². The Bertz CT molecular complexity index is 1040. The second-order valence-corrected chi connectivity index (χ2v) is 6.29. The Hall–Kier alpha value is -2.97. The Labute approximate surface area is 152 Å². The van der Waals surface area contributed by atoms with Gasteiger partial charge in [0.05, 0.1) is 5.69 Å². The van der Waals surface area contributed by atoms with Crippen LogP contribution in [0.5, 0.6) is 0 Å². The molecule has 0 aliphatic rings. The van der Waals surface area contributed by atoms with E-state index in [0.717, 1.165) is 27.1 Å². The molecule has 0 spiro atoms. The lowest BCUT2D eigenvalue weighted by atomic mass is 10.0. The number of aromatic nitrogens is 1. The molecule has 0 N–H and O–H groups in total. The topological polar surface area (TPSA) is 4.93 Å². The molecule has 0 aliphatic carbocycles. The van der Waals surface area contributed by atoms with Crippen molar-refractivity contribution in [2.45, 2.75) is 0 Å². The molecule has 2 heteroatoms. The highest BCUT2D eigenvalue weighted by Crippen LogP contribution is 2.29. The zero-order chi connectivity index (χ0) is 17.1. The van der Waals surface area contributed by atoms with Crippen molar-refractivity contribution in [1.82, 2.24) is 4.57 Å². The van der Waals surface area contributed by atoms with Gasteiger partial charge in [-0.3, -0.25) is 0 Å². The van der Waals surface area contributed by atoms with Crippen molar-refractivity contribution in [3.8, 4) is 28.1 Å². The lowest BCUT2D eigenvalue weighted by molar-refractivity contribution is 1.04. The van der Waals surface area contributed by atoms with Crippen LogP contribution >= 0.6 is 12.2 Å². The summed E-state index contributed by atoms with van der Waals surface area (Å²) in [5.74, 6) is 0. The first-order valence-electron chi connectivity index (χ1n) is 8.26. The van der Waals surface area contributed by atoms with Gasteiger partial charge in [-0.2, -0.15) is 0 Å². The van der Waals surface area contributed by atoms with Crippen LogP contribution in [0.2, 0.25) is 0 Å². The highest BCUT2D eigenvalue weighted by Gasteiger charge is 2.10. The molecule has 25 heavy (non-hydrogen) atoms. The number of hydrogen-bond donors (Lipinski definition) is 0. The minimum atomic E-state index is 0.798. The molecule has 0 fully saturated rings. The summed E-state index contributed by atoms with van der Waals surface area (Å²) in [6.07, 6.45) is 0. The van der Waals surface area contributed by atoms with Gasteiger partial charge in [0.25, 0.3) is 0 Å². The molecule has 3 aromatic carbocycles. The normalized spacial score (nSPS) is 10.6. The van der Waals surface area contributed by atoms with Gasteiger partial charge in [0.15, 0.2) is 0 Å². The Morgan fingerprint density at radius 3 is 1.64 bits per heavy atom. The Balaban J connectivity index is 2.01. The van der Waals surface area contributed by atoms with Crippen molar-refractivity contribution >= 4 is 12.2 Å². The number of para-hydroxylation sites is 1. The molecule has 0 unspecified atom stereocenters. The molecule has 4 aromatic rings. The largest absolute Gasteiger partial charge is 0.301 e. The molecule has 4 rings (SSSR count). The van der Waals surface area contributed by atoms with Crippen molar-refractivity contribution in [3.05, 3.63) is 108 Å². The average Bonchev–Trinajstić information content (AvgIpc) is 2.69. The predicted octanol–water partition coefficient (Wildman–Crippen LogP) is 6.54. The van der Waals surface area contributed by atoms with Gasteiger partial charge in [0.1, 0.15) is 4.64 Å². The number of hydrogen-bond acceptors (Lipinski definition) is 1. The lowest BCUT2D eigenvalue weighted by Gasteiger charge is -2.16. The van der Waals surface area contributed by atoms with Crippen molar-refractivity contribution in [1.29, 1.82) is 0 Å². The van der Waals surface area contributed by atoms with E-state index < -0.39 is 0 Å². The summed E-state index contributed by atoms with van der Waals surface area (Å²) in [5.41, 5.74) is 5.63. The number of rotatable bonds is 3. The van der Waals surface area contributed by atoms with E-state index in [0.29, 0.717) is 0 Å². The van der Waals surface area contributed by atoms with Gasteiger partial charge in [-0.25, -0.2) is 0 Å². The fraction of sp³-hybridized carbons (Fsp3) is 0.